The zero-order valence-electron chi connectivity index (χ0n) is 17.0. The molecule has 0 bridgehead atoms. The molecule has 0 aromatic heterocycles. The zero-order chi connectivity index (χ0) is 19.1. The van der Waals surface area contributed by atoms with Crippen LogP contribution in [0.15, 0.2) is 0 Å². The van der Waals surface area contributed by atoms with Crippen LogP contribution in [0.3, 0.4) is 0 Å². The van der Waals surface area contributed by atoms with Crippen molar-refractivity contribution in [2.24, 2.45) is 40.4 Å². The van der Waals surface area contributed by atoms with Crippen LogP contribution in [0.4, 0.5) is 0 Å². The molecule has 5 heteroatoms. The first-order chi connectivity index (χ1) is 12.3. The Morgan fingerprint density at radius 2 is 1.74 bits per heavy atom. The van der Waals surface area contributed by atoms with E-state index in [2.05, 4.69) is 27.2 Å². The van der Waals surface area contributed by atoms with Crippen molar-refractivity contribution in [3.63, 3.8) is 0 Å². The molecule has 0 aromatic carbocycles. The second-order valence-electron chi connectivity index (χ2n) is 9.69. The summed E-state index contributed by atoms with van der Waals surface area (Å²) in [6.45, 7) is 7.68. The fourth-order valence-electron chi connectivity index (χ4n) is 7.60. The van der Waals surface area contributed by atoms with Crippen LogP contribution in [0.25, 0.3) is 0 Å². The minimum Gasteiger partial charge on any atom is -0.665 e. The van der Waals surface area contributed by atoms with Gasteiger partial charge in [-0.25, -0.2) is 0 Å². The monoisotopic (exact) mass is 451 g/mol. The van der Waals surface area contributed by atoms with Crippen molar-refractivity contribution in [1.82, 2.24) is 0 Å². The van der Waals surface area contributed by atoms with Crippen LogP contribution in [0.5, 0.6) is 0 Å². The average molecular weight is 451 g/mol. The molecule has 0 saturated heterocycles. The molecule has 0 spiro atoms. The quantitative estimate of drug-likeness (QED) is 0.591. The Kier molecular flexibility index (Phi) is 7.76. The third-order valence-electron chi connectivity index (χ3n) is 8.97. The molecule has 4 nitrogen and oxygen atoms in total. The first kappa shape index (κ1) is 23.5. The van der Waals surface area contributed by atoms with Gasteiger partial charge in [-0.1, -0.05) is 38.6 Å². The number of aliphatic hydroxyl groups excluding tert-OH is 2. The molecule has 151 valence electrons. The summed E-state index contributed by atoms with van der Waals surface area (Å²) in [5.41, 5.74) is 0.706. The van der Waals surface area contributed by atoms with Gasteiger partial charge in [-0.15, -0.1) is 0 Å². The Morgan fingerprint density at radius 3 is 2.37 bits per heavy atom. The summed E-state index contributed by atoms with van der Waals surface area (Å²) in [5, 5.41) is 17.8. The van der Waals surface area contributed by atoms with Crippen LogP contribution in [0.1, 0.15) is 72.1 Å². The number of carbonyl (C=O) groups excluding carboxylic acids is 1. The van der Waals surface area contributed by atoms with Crippen molar-refractivity contribution < 1.29 is 52.5 Å². The maximum Gasteiger partial charge on any atom is 0.133 e. The molecule has 0 aliphatic heterocycles. The van der Waals surface area contributed by atoms with E-state index in [9.17, 15) is 9.90 Å². The molecule has 4 aliphatic carbocycles. The Morgan fingerprint density at radius 1 is 1.11 bits per heavy atom. The van der Waals surface area contributed by atoms with Gasteiger partial charge in [-0.3, -0.25) is 4.79 Å². The van der Waals surface area contributed by atoms with Crippen molar-refractivity contribution in [3.8, 4) is 0 Å². The van der Waals surface area contributed by atoms with Gasteiger partial charge in [0.25, 0.3) is 0 Å². The molecule has 2 N–H and O–H groups in total. The first-order valence-corrected chi connectivity index (χ1v) is 10.3. The SMILES string of the molecule is C[CH-][C@H]1CCC2C3C(CC[C@@]21C)[C@@]1(C)CCC(=O)C[C@H]1C[C@H]3O.O=[C-]O.[Y]. The van der Waals surface area contributed by atoms with Crippen LogP contribution in [-0.2, 0) is 42.3 Å². The summed E-state index contributed by atoms with van der Waals surface area (Å²) >= 11 is 0. The van der Waals surface area contributed by atoms with E-state index in [1.165, 1.54) is 25.7 Å². The second-order valence-corrected chi connectivity index (χ2v) is 9.69. The van der Waals surface area contributed by atoms with E-state index in [1.54, 1.807) is 0 Å². The summed E-state index contributed by atoms with van der Waals surface area (Å²) in [4.78, 5) is 20.2. The number of aliphatic hydroxyl groups is 1. The Labute approximate surface area is 189 Å². The molecule has 27 heavy (non-hydrogen) atoms. The second kappa shape index (κ2) is 8.92. The van der Waals surface area contributed by atoms with Crippen molar-refractivity contribution in [1.29, 1.82) is 0 Å². The van der Waals surface area contributed by atoms with E-state index >= 15 is 0 Å². The topological polar surface area (TPSA) is 74.6 Å². The van der Waals surface area contributed by atoms with Crippen LogP contribution in [0.2, 0.25) is 0 Å². The van der Waals surface area contributed by atoms with Gasteiger partial charge in [-0.05, 0) is 54.8 Å². The maximum absolute atomic E-state index is 12.0. The third kappa shape index (κ3) is 3.84. The molecule has 0 aromatic rings. The van der Waals surface area contributed by atoms with E-state index < -0.39 is 0 Å². The number of hydrogen-bond acceptors (Lipinski definition) is 3. The Bertz CT molecular complexity index is 552. The smallest absolute Gasteiger partial charge is 0.133 e. The summed E-state index contributed by atoms with van der Waals surface area (Å²) in [5.74, 6) is 3.40. The largest absolute Gasteiger partial charge is 0.665 e. The van der Waals surface area contributed by atoms with Gasteiger partial charge in [0.2, 0.25) is 0 Å². The molecule has 4 saturated carbocycles. The number of carbonyl (C=O) groups is 1. The fraction of sp³-hybridized carbons (Fsp3) is 0.864. The molecular formula is C22H34O4Y-2. The van der Waals surface area contributed by atoms with E-state index in [1.807, 2.05) is 0 Å². The van der Waals surface area contributed by atoms with Gasteiger partial charge < -0.3 is 21.4 Å². The van der Waals surface area contributed by atoms with Gasteiger partial charge in [0, 0.05) is 45.6 Å². The van der Waals surface area contributed by atoms with Crippen LogP contribution >= 0.6 is 0 Å². The molecule has 8 atom stereocenters. The van der Waals surface area contributed by atoms with E-state index in [-0.39, 0.29) is 38.8 Å². The number of hydrogen-bond donors (Lipinski definition) is 2. The van der Waals surface area contributed by atoms with Gasteiger partial charge in [-0.2, -0.15) is 12.8 Å². The predicted molar refractivity (Wildman–Crippen MR) is 99.9 cm³/mol. The molecule has 3 unspecified atom stereocenters. The first-order valence-electron chi connectivity index (χ1n) is 10.3. The molecule has 0 amide bonds. The van der Waals surface area contributed by atoms with E-state index in [0.717, 1.165) is 31.6 Å². The Hall–Kier alpha value is 0.204. The van der Waals surface area contributed by atoms with Crippen molar-refractivity contribution in [2.75, 3.05) is 0 Å². The van der Waals surface area contributed by atoms with Gasteiger partial charge in [0.15, 0.2) is 0 Å². The fourth-order valence-corrected chi connectivity index (χ4v) is 7.60. The van der Waals surface area contributed by atoms with Crippen LogP contribution in [0, 0.1) is 46.8 Å². The van der Waals surface area contributed by atoms with Gasteiger partial charge in [0.1, 0.15) is 5.78 Å². The van der Waals surface area contributed by atoms with Crippen molar-refractivity contribution in [2.45, 2.75) is 78.2 Å². The maximum atomic E-state index is 12.0. The summed E-state index contributed by atoms with van der Waals surface area (Å²) < 4.78 is 0. The molecule has 1 radical (unpaired) electrons. The van der Waals surface area contributed by atoms with Crippen LogP contribution < -0.4 is 0 Å². The van der Waals surface area contributed by atoms with Crippen LogP contribution in [-0.4, -0.2) is 28.6 Å². The molecule has 4 aliphatic rings. The molecule has 4 fully saturated rings. The zero-order valence-corrected chi connectivity index (χ0v) is 19.8. The Balaban J connectivity index is 0.000000614. The molecule has 0 heterocycles. The summed E-state index contributed by atoms with van der Waals surface area (Å²) in [7, 11) is 0. The predicted octanol–water partition coefficient (Wildman–Crippen LogP) is 4.02. The number of Topliss-reactive ketones (excluding diaryl/α,β-unsaturated/α-hetero) is 1. The summed E-state index contributed by atoms with van der Waals surface area (Å²) in [6, 6.07) is 0. The van der Waals surface area contributed by atoms with E-state index in [0.29, 0.717) is 46.8 Å². The minimum atomic E-state index is -0.177. The number of rotatable bonds is 1. The van der Waals surface area contributed by atoms with Crippen molar-refractivity contribution in [3.05, 3.63) is 6.42 Å². The third-order valence-corrected chi connectivity index (χ3v) is 8.97. The number of fused-ring (bicyclic) bond motifs is 5. The average Bonchev–Trinajstić information content (AvgIpc) is 2.93. The standard InChI is InChI=1S/C21H33O2.CHO2.Y/c1-4-13-5-6-16-19-17(8-10-20(13,16)2)21(3)9-7-15(22)11-14(21)12-18(19)23;2-1-3;/h4,13-14,16-19,23H,5-12H2,1-3H3;(H,2,3);/q2*-1;/t13-,14-,16?,17?,18+,19?,20+,21-;;/m0../s1. The van der Waals surface area contributed by atoms with E-state index in [4.69, 9.17) is 9.90 Å². The van der Waals surface area contributed by atoms with Crippen molar-refractivity contribution >= 4 is 12.3 Å². The van der Waals surface area contributed by atoms with Gasteiger partial charge in [0.05, 0.1) is 6.10 Å². The summed E-state index contributed by atoms with van der Waals surface area (Å²) in [6.07, 6.45) is 10.9. The number of ketones is 1. The minimum absolute atomic E-state index is 0. The van der Waals surface area contributed by atoms with Gasteiger partial charge >= 0.3 is 0 Å². The molecular weight excluding hydrogens is 417 g/mol. The molecule has 4 rings (SSSR count). The normalized spacial score (nSPS) is 48.1.